The fourth-order valence-electron chi connectivity index (χ4n) is 2.67. The van der Waals surface area contributed by atoms with Gasteiger partial charge in [0.15, 0.2) is 6.61 Å². The van der Waals surface area contributed by atoms with Crippen LogP contribution in [0.3, 0.4) is 0 Å². The van der Waals surface area contributed by atoms with E-state index in [9.17, 15) is 4.79 Å². The maximum absolute atomic E-state index is 12.3. The monoisotopic (exact) mass is 395 g/mol. The second-order valence-corrected chi connectivity index (χ2v) is 6.92. The van der Waals surface area contributed by atoms with Crippen molar-refractivity contribution >= 4 is 29.1 Å². The zero-order chi connectivity index (χ0) is 18.5. The normalized spacial score (nSPS) is 15.0. The molecule has 26 heavy (non-hydrogen) atoms. The Morgan fingerprint density at radius 3 is 2.62 bits per heavy atom. The van der Waals surface area contributed by atoms with Gasteiger partial charge in [0, 0.05) is 37.0 Å². The van der Waals surface area contributed by atoms with Crippen LogP contribution in [-0.4, -0.2) is 46.8 Å². The summed E-state index contributed by atoms with van der Waals surface area (Å²) in [7, 11) is 0. The highest BCUT2D eigenvalue weighted by Crippen LogP contribution is 2.27. The lowest BCUT2D eigenvalue weighted by Crippen LogP contribution is -2.43. The van der Waals surface area contributed by atoms with Crippen molar-refractivity contribution in [2.75, 3.05) is 19.7 Å². The molecule has 8 heteroatoms. The molecule has 1 fully saturated rings. The number of hydrogen-bond acceptors (Lipinski definition) is 5. The molecular formula is C18H19Cl2N3O3. The molecule has 2 heterocycles. The number of carbonyl (C=O) groups excluding carboxylic acids is 1. The Kier molecular flexibility index (Phi) is 6.16. The van der Waals surface area contributed by atoms with Crippen molar-refractivity contribution in [2.24, 2.45) is 0 Å². The molecule has 1 aliphatic rings. The van der Waals surface area contributed by atoms with E-state index in [-0.39, 0.29) is 18.6 Å². The average molecular weight is 396 g/mol. The molecule has 0 N–H and O–H groups in total. The lowest BCUT2D eigenvalue weighted by atomic mass is 10.1. The van der Waals surface area contributed by atoms with E-state index in [4.69, 9.17) is 32.7 Å². The van der Waals surface area contributed by atoms with Gasteiger partial charge < -0.3 is 14.4 Å². The van der Waals surface area contributed by atoms with Crippen molar-refractivity contribution in [3.8, 4) is 11.6 Å². The molecule has 0 bridgehead atoms. The Morgan fingerprint density at radius 1 is 1.19 bits per heavy atom. The van der Waals surface area contributed by atoms with Crippen LogP contribution < -0.4 is 9.47 Å². The van der Waals surface area contributed by atoms with Crippen LogP contribution in [0.4, 0.5) is 0 Å². The van der Waals surface area contributed by atoms with E-state index in [1.54, 1.807) is 23.1 Å². The molecule has 3 rings (SSSR count). The van der Waals surface area contributed by atoms with Gasteiger partial charge in [-0.05, 0) is 31.2 Å². The van der Waals surface area contributed by atoms with Crippen molar-refractivity contribution in [1.29, 1.82) is 0 Å². The molecule has 1 aliphatic heterocycles. The molecule has 0 radical (unpaired) electrons. The smallest absolute Gasteiger partial charge is 0.260 e. The standard InChI is InChI=1S/C18H19Cl2N3O3/c1-12-2-5-17(22-21-12)26-14-6-8-23(9-7-14)18(24)11-25-16-4-3-13(19)10-15(16)20/h2-5,10,14H,6-9,11H2,1H3. The van der Waals surface area contributed by atoms with E-state index >= 15 is 0 Å². The Hall–Kier alpha value is -2.05. The zero-order valence-corrected chi connectivity index (χ0v) is 15.8. The van der Waals surface area contributed by atoms with Gasteiger partial charge in [0.1, 0.15) is 11.9 Å². The summed E-state index contributed by atoms with van der Waals surface area (Å²) < 4.78 is 11.3. The van der Waals surface area contributed by atoms with E-state index in [1.807, 2.05) is 19.1 Å². The Balaban J connectivity index is 1.45. The molecule has 6 nitrogen and oxygen atoms in total. The molecule has 1 aromatic carbocycles. The molecule has 1 saturated heterocycles. The maximum atomic E-state index is 12.3. The van der Waals surface area contributed by atoms with Gasteiger partial charge in [0.25, 0.3) is 5.91 Å². The number of piperidine rings is 1. The Labute approximate surface area is 162 Å². The predicted octanol–water partition coefficient (Wildman–Crippen LogP) is 3.54. The summed E-state index contributed by atoms with van der Waals surface area (Å²) in [4.78, 5) is 14.1. The molecule has 2 aromatic rings. The SMILES string of the molecule is Cc1ccc(OC2CCN(C(=O)COc3ccc(Cl)cc3Cl)CC2)nn1. The molecule has 0 atom stereocenters. The van der Waals surface area contributed by atoms with Crippen LogP contribution in [0.5, 0.6) is 11.6 Å². The summed E-state index contributed by atoms with van der Waals surface area (Å²) in [6.45, 7) is 3.04. The summed E-state index contributed by atoms with van der Waals surface area (Å²) in [6.07, 6.45) is 1.51. The molecule has 1 amide bonds. The quantitative estimate of drug-likeness (QED) is 0.774. The fourth-order valence-corrected chi connectivity index (χ4v) is 3.13. The molecule has 0 unspecified atom stereocenters. The lowest BCUT2D eigenvalue weighted by Gasteiger charge is -2.31. The van der Waals surface area contributed by atoms with Gasteiger partial charge in [0.05, 0.1) is 10.7 Å². The van der Waals surface area contributed by atoms with Crippen LogP contribution >= 0.6 is 23.2 Å². The summed E-state index contributed by atoms with van der Waals surface area (Å²) in [5, 5.41) is 8.90. The van der Waals surface area contributed by atoms with E-state index in [0.717, 1.165) is 18.5 Å². The number of benzene rings is 1. The number of ether oxygens (including phenoxy) is 2. The van der Waals surface area contributed by atoms with Crippen molar-refractivity contribution in [3.63, 3.8) is 0 Å². The minimum Gasteiger partial charge on any atom is -0.482 e. The van der Waals surface area contributed by atoms with Crippen molar-refractivity contribution < 1.29 is 14.3 Å². The molecule has 138 valence electrons. The number of rotatable bonds is 5. The minimum absolute atomic E-state index is 0.0303. The van der Waals surface area contributed by atoms with Gasteiger partial charge in [-0.2, -0.15) is 5.10 Å². The molecule has 0 saturated carbocycles. The number of likely N-dealkylation sites (tertiary alicyclic amines) is 1. The molecule has 1 aromatic heterocycles. The lowest BCUT2D eigenvalue weighted by molar-refractivity contribution is -0.135. The summed E-state index contributed by atoms with van der Waals surface area (Å²) in [6, 6.07) is 8.58. The number of aromatic nitrogens is 2. The van der Waals surface area contributed by atoms with Crippen LogP contribution in [0.2, 0.25) is 10.0 Å². The molecule has 0 aliphatic carbocycles. The summed E-state index contributed by atoms with van der Waals surface area (Å²) in [5.41, 5.74) is 0.846. The van der Waals surface area contributed by atoms with Crippen molar-refractivity contribution in [2.45, 2.75) is 25.9 Å². The van der Waals surface area contributed by atoms with Crippen LogP contribution in [0.1, 0.15) is 18.5 Å². The maximum Gasteiger partial charge on any atom is 0.260 e. The third-order valence-electron chi connectivity index (χ3n) is 4.10. The van der Waals surface area contributed by atoms with E-state index in [0.29, 0.717) is 34.8 Å². The third kappa shape index (κ3) is 4.99. The van der Waals surface area contributed by atoms with Crippen molar-refractivity contribution in [1.82, 2.24) is 15.1 Å². The highest BCUT2D eigenvalue weighted by atomic mass is 35.5. The third-order valence-corrected chi connectivity index (χ3v) is 4.63. The number of aryl methyl sites for hydroxylation is 1. The first-order valence-corrected chi connectivity index (χ1v) is 9.09. The van der Waals surface area contributed by atoms with Gasteiger partial charge >= 0.3 is 0 Å². The zero-order valence-electron chi connectivity index (χ0n) is 14.3. The fraction of sp³-hybridized carbons (Fsp3) is 0.389. The predicted molar refractivity (Wildman–Crippen MR) is 99.0 cm³/mol. The van der Waals surface area contributed by atoms with Gasteiger partial charge in [-0.25, -0.2) is 0 Å². The number of hydrogen-bond donors (Lipinski definition) is 0. The first-order valence-electron chi connectivity index (χ1n) is 8.34. The molecule has 0 spiro atoms. The average Bonchev–Trinajstić information content (AvgIpc) is 2.63. The van der Waals surface area contributed by atoms with Crippen LogP contribution in [-0.2, 0) is 4.79 Å². The highest BCUT2D eigenvalue weighted by Gasteiger charge is 2.24. The first-order chi connectivity index (χ1) is 12.5. The number of amides is 1. The van der Waals surface area contributed by atoms with E-state index < -0.39 is 0 Å². The van der Waals surface area contributed by atoms with Crippen LogP contribution in [0.25, 0.3) is 0 Å². The Morgan fingerprint density at radius 2 is 1.96 bits per heavy atom. The van der Waals surface area contributed by atoms with Gasteiger partial charge in [-0.15, -0.1) is 5.10 Å². The number of nitrogens with zero attached hydrogens (tertiary/aromatic N) is 3. The summed E-state index contributed by atoms with van der Waals surface area (Å²) in [5.74, 6) is 0.881. The second kappa shape index (κ2) is 8.56. The summed E-state index contributed by atoms with van der Waals surface area (Å²) >= 11 is 11.9. The first kappa shape index (κ1) is 18.7. The van der Waals surface area contributed by atoms with Gasteiger partial charge in [0.2, 0.25) is 5.88 Å². The number of carbonyl (C=O) groups is 1. The van der Waals surface area contributed by atoms with E-state index in [1.165, 1.54) is 0 Å². The number of halogens is 2. The van der Waals surface area contributed by atoms with Crippen LogP contribution in [0, 0.1) is 6.92 Å². The van der Waals surface area contributed by atoms with Crippen LogP contribution in [0.15, 0.2) is 30.3 Å². The largest absolute Gasteiger partial charge is 0.482 e. The topological polar surface area (TPSA) is 64.5 Å². The minimum atomic E-state index is -0.0791. The van der Waals surface area contributed by atoms with Gasteiger partial charge in [-0.3, -0.25) is 4.79 Å². The van der Waals surface area contributed by atoms with E-state index in [2.05, 4.69) is 10.2 Å². The van der Waals surface area contributed by atoms with Gasteiger partial charge in [-0.1, -0.05) is 23.2 Å². The highest BCUT2D eigenvalue weighted by molar-refractivity contribution is 6.35. The molecular weight excluding hydrogens is 377 g/mol. The Bertz CT molecular complexity index is 763. The van der Waals surface area contributed by atoms with Crippen molar-refractivity contribution in [3.05, 3.63) is 46.1 Å². The second-order valence-electron chi connectivity index (χ2n) is 6.07.